The number of hydrogen-bond acceptors (Lipinski definition) is 3. The summed E-state index contributed by atoms with van der Waals surface area (Å²) < 4.78 is 11.0. The van der Waals surface area contributed by atoms with Crippen LogP contribution in [-0.2, 0) is 22.4 Å². The Bertz CT molecular complexity index is 517. The lowest BCUT2D eigenvalue weighted by Crippen LogP contribution is -2.37. The quantitative estimate of drug-likeness (QED) is 0.854. The minimum atomic E-state index is -0.432. The normalized spacial score (nSPS) is 15.7. The third-order valence-corrected chi connectivity index (χ3v) is 3.72. The predicted octanol–water partition coefficient (Wildman–Crippen LogP) is 3.45. The smallest absolute Gasteiger partial charge is 0.166 e. The molecule has 2 rings (SSSR count). The maximum atomic E-state index is 12.5. The van der Waals surface area contributed by atoms with Crippen LogP contribution in [-0.4, -0.2) is 25.6 Å². The SMILES string of the molecule is COC(C(=O)Cc1cc(Cl)cc2c1OCC2)C(C)(C)C. The summed E-state index contributed by atoms with van der Waals surface area (Å²) in [6.07, 6.45) is 0.710. The van der Waals surface area contributed by atoms with Gasteiger partial charge in [-0.1, -0.05) is 32.4 Å². The molecule has 1 heterocycles. The van der Waals surface area contributed by atoms with Gasteiger partial charge >= 0.3 is 0 Å². The van der Waals surface area contributed by atoms with E-state index >= 15 is 0 Å². The average Bonchev–Trinajstić information content (AvgIpc) is 2.75. The van der Waals surface area contributed by atoms with Gasteiger partial charge in [-0.2, -0.15) is 0 Å². The Morgan fingerprint density at radius 1 is 1.45 bits per heavy atom. The lowest BCUT2D eigenvalue weighted by Gasteiger charge is -2.28. The van der Waals surface area contributed by atoms with Crippen LogP contribution < -0.4 is 4.74 Å². The first kappa shape index (κ1) is 15.3. The van der Waals surface area contributed by atoms with E-state index in [-0.39, 0.29) is 11.2 Å². The second kappa shape index (κ2) is 5.74. The largest absolute Gasteiger partial charge is 0.493 e. The van der Waals surface area contributed by atoms with E-state index in [1.54, 1.807) is 7.11 Å². The second-order valence-electron chi connectivity index (χ2n) is 6.28. The van der Waals surface area contributed by atoms with E-state index in [1.807, 2.05) is 32.9 Å². The minimum absolute atomic E-state index is 0.0555. The Morgan fingerprint density at radius 3 is 2.75 bits per heavy atom. The van der Waals surface area contributed by atoms with E-state index in [1.165, 1.54) is 0 Å². The number of halogens is 1. The minimum Gasteiger partial charge on any atom is -0.493 e. The molecule has 0 saturated carbocycles. The molecule has 1 aromatic rings. The van der Waals surface area contributed by atoms with Crippen LogP contribution in [0.5, 0.6) is 5.75 Å². The molecule has 0 fully saturated rings. The summed E-state index contributed by atoms with van der Waals surface area (Å²) in [6, 6.07) is 3.73. The highest BCUT2D eigenvalue weighted by Crippen LogP contribution is 2.34. The Labute approximate surface area is 125 Å². The van der Waals surface area contributed by atoms with Gasteiger partial charge in [0.25, 0.3) is 0 Å². The van der Waals surface area contributed by atoms with Gasteiger partial charge < -0.3 is 9.47 Å². The Morgan fingerprint density at radius 2 is 2.15 bits per heavy atom. The highest BCUT2D eigenvalue weighted by Gasteiger charge is 2.32. The summed E-state index contributed by atoms with van der Waals surface area (Å²) in [5.74, 6) is 0.881. The molecule has 1 aromatic carbocycles. The summed E-state index contributed by atoms with van der Waals surface area (Å²) in [6.45, 7) is 6.65. The first-order valence-electron chi connectivity index (χ1n) is 6.82. The van der Waals surface area contributed by atoms with Gasteiger partial charge in [0.05, 0.1) is 6.61 Å². The summed E-state index contributed by atoms with van der Waals surface area (Å²) in [4.78, 5) is 12.5. The lowest BCUT2D eigenvalue weighted by atomic mass is 9.84. The fourth-order valence-electron chi connectivity index (χ4n) is 2.73. The number of carbonyl (C=O) groups is 1. The van der Waals surface area contributed by atoms with E-state index in [4.69, 9.17) is 21.1 Å². The standard InChI is InChI=1S/C16H21ClO3/c1-16(2,3)15(19-4)13(18)9-11-8-12(17)7-10-5-6-20-14(10)11/h7-8,15H,5-6,9H2,1-4H3. The van der Waals surface area contributed by atoms with Gasteiger partial charge in [-0.3, -0.25) is 4.79 Å². The van der Waals surface area contributed by atoms with Crippen LogP contribution in [0.15, 0.2) is 12.1 Å². The van der Waals surface area contributed by atoms with E-state index in [0.717, 1.165) is 23.3 Å². The maximum Gasteiger partial charge on any atom is 0.166 e. The number of benzene rings is 1. The molecule has 0 amide bonds. The lowest BCUT2D eigenvalue weighted by molar-refractivity contribution is -0.134. The Hall–Kier alpha value is -1.06. The van der Waals surface area contributed by atoms with Crippen LogP contribution in [0.25, 0.3) is 0 Å². The molecule has 0 aromatic heterocycles. The molecule has 0 N–H and O–H groups in total. The number of rotatable bonds is 4. The van der Waals surface area contributed by atoms with Crippen LogP contribution in [0, 0.1) is 5.41 Å². The molecule has 0 bridgehead atoms. The van der Waals surface area contributed by atoms with Crippen molar-refractivity contribution in [2.75, 3.05) is 13.7 Å². The predicted molar refractivity (Wildman–Crippen MR) is 79.6 cm³/mol. The first-order valence-corrected chi connectivity index (χ1v) is 7.20. The number of ketones is 1. The number of hydrogen-bond donors (Lipinski definition) is 0. The molecule has 110 valence electrons. The van der Waals surface area contributed by atoms with Gasteiger partial charge in [0.2, 0.25) is 0 Å². The molecule has 3 nitrogen and oxygen atoms in total. The van der Waals surface area contributed by atoms with Crippen LogP contribution >= 0.6 is 11.6 Å². The number of fused-ring (bicyclic) bond motifs is 1. The monoisotopic (exact) mass is 296 g/mol. The molecule has 1 aliphatic heterocycles. The zero-order chi connectivity index (χ0) is 14.9. The van der Waals surface area contributed by atoms with Gasteiger partial charge in [0.1, 0.15) is 11.9 Å². The van der Waals surface area contributed by atoms with Crippen molar-refractivity contribution in [2.45, 2.75) is 39.7 Å². The van der Waals surface area contributed by atoms with Crippen LogP contribution in [0.4, 0.5) is 0 Å². The molecular formula is C16H21ClO3. The first-order chi connectivity index (χ1) is 9.32. The van der Waals surface area contributed by atoms with E-state index < -0.39 is 6.10 Å². The van der Waals surface area contributed by atoms with Gasteiger partial charge in [0, 0.05) is 30.5 Å². The Balaban J connectivity index is 2.24. The van der Waals surface area contributed by atoms with Crippen molar-refractivity contribution in [3.8, 4) is 5.75 Å². The maximum absolute atomic E-state index is 12.5. The average molecular weight is 297 g/mol. The highest BCUT2D eigenvalue weighted by molar-refractivity contribution is 6.30. The van der Waals surface area contributed by atoms with E-state index in [2.05, 4.69) is 0 Å². The van der Waals surface area contributed by atoms with Crippen molar-refractivity contribution < 1.29 is 14.3 Å². The number of ether oxygens (including phenoxy) is 2. The molecular weight excluding hydrogens is 276 g/mol. The molecule has 0 spiro atoms. The zero-order valence-electron chi connectivity index (χ0n) is 12.5. The van der Waals surface area contributed by atoms with Crippen molar-refractivity contribution in [3.05, 3.63) is 28.3 Å². The fraction of sp³-hybridized carbons (Fsp3) is 0.562. The van der Waals surface area contributed by atoms with Crippen LogP contribution in [0.2, 0.25) is 5.02 Å². The van der Waals surface area contributed by atoms with Crippen molar-refractivity contribution in [2.24, 2.45) is 5.41 Å². The Kier molecular flexibility index (Phi) is 4.40. The van der Waals surface area contributed by atoms with Gasteiger partial charge in [-0.05, 0) is 23.1 Å². The second-order valence-corrected chi connectivity index (χ2v) is 6.71. The van der Waals surface area contributed by atoms with Gasteiger partial charge in [-0.15, -0.1) is 0 Å². The van der Waals surface area contributed by atoms with Crippen LogP contribution in [0.1, 0.15) is 31.9 Å². The molecule has 1 atom stereocenters. The van der Waals surface area contributed by atoms with Crippen LogP contribution in [0.3, 0.4) is 0 Å². The number of Topliss-reactive ketones (excluding diaryl/α,β-unsaturated/α-hetero) is 1. The topological polar surface area (TPSA) is 35.5 Å². The summed E-state index contributed by atoms with van der Waals surface area (Å²) in [5.41, 5.74) is 1.72. The van der Waals surface area contributed by atoms with Crippen molar-refractivity contribution >= 4 is 17.4 Å². The van der Waals surface area contributed by atoms with E-state index in [9.17, 15) is 4.79 Å². The van der Waals surface area contributed by atoms with Crippen molar-refractivity contribution in [1.82, 2.24) is 0 Å². The summed E-state index contributed by atoms with van der Waals surface area (Å²) in [7, 11) is 1.58. The molecule has 0 saturated heterocycles. The fourth-order valence-corrected chi connectivity index (χ4v) is 2.99. The molecule has 4 heteroatoms. The third kappa shape index (κ3) is 3.15. The van der Waals surface area contributed by atoms with E-state index in [0.29, 0.717) is 18.1 Å². The van der Waals surface area contributed by atoms with Gasteiger partial charge in [-0.25, -0.2) is 0 Å². The highest BCUT2D eigenvalue weighted by atomic mass is 35.5. The molecule has 0 aliphatic carbocycles. The number of carbonyl (C=O) groups excluding carboxylic acids is 1. The summed E-state index contributed by atoms with van der Waals surface area (Å²) >= 11 is 6.12. The van der Waals surface area contributed by atoms with Crippen molar-refractivity contribution in [3.63, 3.8) is 0 Å². The number of methoxy groups -OCH3 is 1. The van der Waals surface area contributed by atoms with Crippen molar-refractivity contribution in [1.29, 1.82) is 0 Å². The zero-order valence-corrected chi connectivity index (χ0v) is 13.2. The summed E-state index contributed by atoms with van der Waals surface area (Å²) in [5, 5.41) is 0.654. The molecule has 1 aliphatic rings. The molecule has 1 unspecified atom stereocenters. The molecule has 20 heavy (non-hydrogen) atoms. The molecule has 0 radical (unpaired) electrons. The van der Waals surface area contributed by atoms with Gasteiger partial charge in [0.15, 0.2) is 5.78 Å². The third-order valence-electron chi connectivity index (χ3n) is 3.50.